The first kappa shape index (κ1) is 12.8. The molecular weight excluding hydrogens is 258 g/mol. The van der Waals surface area contributed by atoms with Crippen molar-refractivity contribution < 1.29 is 4.92 Å². The first-order valence-electron chi connectivity index (χ1n) is 6.55. The van der Waals surface area contributed by atoms with Gasteiger partial charge in [-0.3, -0.25) is 19.5 Å². The van der Waals surface area contributed by atoms with Crippen LogP contribution in [0.5, 0.6) is 0 Å². The van der Waals surface area contributed by atoms with Crippen LogP contribution in [-0.2, 0) is 13.0 Å². The predicted molar refractivity (Wildman–Crippen MR) is 74.8 cm³/mol. The lowest BCUT2D eigenvalue weighted by Crippen LogP contribution is -2.36. The minimum Gasteiger partial charge on any atom is -0.296 e. The quantitative estimate of drug-likeness (QED) is 0.590. The molecule has 20 heavy (non-hydrogen) atoms. The van der Waals surface area contributed by atoms with Crippen molar-refractivity contribution in [2.45, 2.75) is 33.2 Å². The number of nitrogens with zero attached hydrogens (tertiary/aromatic N) is 3. The monoisotopic (exact) mass is 273 g/mol. The third-order valence-electron chi connectivity index (χ3n) is 3.84. The van der Waals surface area contributed by atoms with Crippen molar-refractivity contribution in [1.29, 1.82) is 0 Å². The van der Waals surface area contributed by atoms with E-state index < -0.39 is 4.92 Å². The molecule has 104 valence electrons. The van der Waals surface area contributed by atoms with Gasteiger partial charge in [0.05, 0.1) is 15.8 Å². The number of hydrogen-bond acceptors (Lipinski definition) is 4. The van der Waals surface area contributed by atoms with Crippen LogP contribution in [0.25, 0.3) is 10.9 Å². The van der Waals surface area contributed by atoms with Gasteiger partial charge in [-0.2, -0.15) is 0 Å². The number of rotatable bonds is 1. The van der Waals surface area contributed by atoms with E-state index in [1.54, 1.807) is 4.57 Å². The normalized spacial score (nSPS) is 16.9. The van der Waals surface area contributed by atoms with Crippen LogP contribution in [0.15, 0.2) is 23.0 Å². The fourth-order valence-corrected chi connectivity index (χ4v) is 2.68. The van der Waals surface area contributed by atoms with Gasteiger partial charge >= 0.3 is 0 Å². The number of aryl methyl sites for hydroxylation is 1. The van der Waals surface area contributed by atoms with Crippen molar-refractivity contribution in [1.82, 2.24) is 9.55 Å². The largest absolute Gasteiger partial charge is 0.296 e. The number of nitro benzene ring substituents is 1. The fraction of sp³-hybridized carbons (Fsp3) is 0.429. The highest BCUT2D eigenvalue weighted by Crippen LogP contribution is 2.29. The number of benzene rings is 1. The molecule has 2 heterocycles. The molecule has 0 saturated carbocycles. The molecule has 0 radical (unpaired) electrons. The highest BCUT2D eigenvalue weighted by atomic mass is 16.6. The highest BCUT2D eigenvalue weighted by Gasteiger charge is 2.27. The Hall–Kier alpha value is -2.24. The van der Waals surface area contributed by atoms with E-state index in [2.05, 4.69) is 18.8 Å². The molecule has 2 aromatic rings. The van der Waals surface area contributed by atoms with Crippen LogP contribution in [-0.4, -0.2) is 14.5 Å². The summed E-state index contributed by atoms with van der Waals surface area (Å²) in [6, 6.07) is 4.22. The summed E-state index contributed by atoms with van der Waals surface area (Å²) in [6.45, 7) is 4.89. The summed E-state index contributed by atoms with van der Waals surface area (Å²) >= 11 is 0. The Morgan fingerprint density at radius 3 is 2.85 bits per heavy atom. The topological polar surface area (TPSA) is 78.0 Å². The van der Waals surface area contributed by atoms with Gasteiger partial charge in [-0.15, -0.1) is 0 Å². The standard InChI is InChI=1S/C14H15N3O3/c1-14(2)6-5-12-15-11-7-9(17(19)20)3-4-10(11)13(18)16(12)8-14/h3-4,7H,5-6,8H2,1-2H3. The molecule has 1 aliphatic heterocycles. The van der Waals surface area contributed by atoms with Crippen LogP contribution < -0.4 is 5.56 Å². The molecule has 0 fully saturated rings. The summed E-state index contributed by atoms with van der Waals surface area (Å²) in [4.78, 5) is 27.3. The lowest BCUT2D eigenvalue weighted by Gasteiger charge is -2.31. The third kappa shape index (κ3) is 1.97. The molecular formula is C14H15N3O3. The Morgan fingerprint density at radius 1 is 1.40 bits per heavy atom. The maximum atomic E-state index is 12.5. The van der Waals surface area contributed by atoms with Crippen molar-refractivity contribution in [3.05, 3.63) is 44.5 Å². The van der Waals surface area contributed by atoms with Gasteiger partial charge in [0.1, 0.15) is 5.82 Å². The van der Waals surface area contributed by atoms with Crippen LogP contribution in [0.1, 0.15) is 26.1 Å². The maximum absolute atomic E-state index is 12.5. The molecule has 1 aromatic heterocycles. The molecule has 1 aliphatic rings. The fourth-order valence-electron chi connectivity index (χ4n) is 2.68. The first-order chi connectivity index (χ1) is 9.37. The minimum atomic E-state index is -0.471. The van der Waals surface area contributed by atoms with Gasteiger partial charge in [0.15, 0.2) is 0 Å². The molecule has 0 aliphatic carbocycles. The number of nitro groups is 1. The van der Waals surface area contributed by atoms with Crippen LogP contribution in [0.3, 0.4) is 0 Å². The van der Waals surface area contributed by atoms with Gasteiger partial charge in [-0.25, -0.2) is 4.98 Å². The molecule has 0 unspecified atom stereocenters. The second-order valence-electron chi connectivity index (χ2n) is 6.04. The summed E-state index contributed by atoms with van der Waals surface area (Å²) in [5.74, 6) is 0.724. The number of non-ortho nitro benzene ring substituents is 1. The van der Waals surface area contributed by atoms with Crippen LogP contribution in [0, 0.1) is 15.5 Å². The average Bonchev–Trinajstić information content (AvgIpc) is 2.39. The minimum absolute atomic E-state index is 0.0366. The maximum Gasteiger partial charge on any atom is 0.271 e. The molecule has 0 N–H and O–H groups in total. The Kier molecular flexibility index (Phi) is 2.64. The lowest BCUT2D eigenvalue weighted by atomic mass is 9.85. The van der Waals surface area contributed by atoms with Gasteiger partial charge in [0, 0.05) is 25.1 Å². The van der Waals surface area contributed by atoms with Crippen LogP contribution in [0.2, 0.25) is 0 Å². The Morgan fingerprint density at radius 2 is 2.15 bits per heavy atom. The van der Waals surface area contributed by atoms with E-state index in [0.29, 0.717) is 17.4 Å². The van der Waals surface area contributed by atoms with Crippen molar-refractivity contribution in [3.63, 3.8) is 0 Å². The molecule has 6 nitrogen and oxygen atoms in total. The highest BCUT2D eigenvalue weighted by molar-refractivity contribution is 5.80. The Labute approximate surface area is 115 Å². The van der Waals surface area contributed by atoms with Crippen LogP contribution >= 0.6 is 0 Å². The average molecular weight is 273 g/mol. The van der Waals surface area contributed by atoms with Crippen LogP contribution in [0.4, 0.5) is 5.69 Å². The first-order valence-corrected chi connectivity index (χ1v) is 6.55. The van der Waals surface area contributed by atoms with Gasteiger partial charge < -0.3 is 0 Å². The second-order valence-corrected chi connectivity index (χ2v) is 6.04. The Balaban J connectivity index is 2.25. The van der Waals surface area contributed by atoms with E-state index in [1.165, 1.54) is 18.2 Å². The zero-order valence-corrected chi connectivity index (χ0v) is 11.4. The van der Waals surface area contributed by atoms with Crippen molar-refractivity contribution in [3.8, 4) is 0 Å². The van der Waals surface area contributed by atoms with E-state index in [4.69, 9.17) is 0 Å². The van der Waals surface area contributed by atoms with Gasteiger partial charge in [-0.05, 0) is 17.9 Å². The lowest BCUT2D eigenvalue weighted by molar-refractivity contribution is -0.384. The van der Waals surface area contributed by atoms with Crippen molar-refractivity contribution in [2.75, 3.05) is 0 Å². The molecule has 0 atom stereocenters. The molecule has 0 spiro atoms. The zero-order chi connectivity index (χ0) is 14.5. The third-order valence-corrected chi connectivity index (χ3v) is 3.84. The molecule has 3 rings (SSSR count). The second kappa shape index (κ2) is 4.13. The molecule has 1 aromatic carbocycles. The number of fused-ring (bicyclic) bond motifs is 2. The summed E-state index contributed by atoms with van der Waals surface area (Å²) in [5.41, 5.74) is 0.348. The molecule has 0 saturated heterocycles. The molecule has 6 heteroatoms. The van der Waals surface area contributed by atoms with E-state index in [9.17, 15) is 14.9 Å². The van der Waals surface area contributed by atoms with Crippen molar-refractivity contribution >= 4 is 16.6 Å². The van der Waals surface area contributed by atoms with Crippen molar-refractivity contribution in [2.24, 2.45) is 5.41 Å². The van der Waals surface area contributed by atoms with E-state index in [0.717, 1.165) is 18.7 Å². The van der Waals surface area contributed by atoms with Gasteiger partial charge in [0.25, 0.3) is 11.2 Å². The summed E-state index contributed by atoms with van der Waals surface area (Å²) in [6.07, 6.45) is 1.68. The summed E-state index contributed by atoms with van der Waals surface area (Å²) in [5, 5.41) is 11.2. The molecule has 0 bridgehead atoms. The number of hydrogen-bond donors (Lipinski definition) is 0. The van der Waals surface area contributed by atoms with Gasteiger partial charge in [0.2, 0.25) is 0 Å². The van der Waals surface area contributed by atoms with Gasteiger partial charge in [-0.1, -0.05) is 13.8 Å². The Bertz CT molecular complexity index is 777. The van der Waals surface area contributed by atoms with E-state index in [-0.39, 0.29) is 16.7 Å². The smallest absolute Gasteiger partial charge is 0.271 e. The summed E-state index contributed by atoms with van der Waals surface area (Å²) in [7, 11) is 0. The van der Waals surface area contributed by atoms with E-state index in [1.807, 2.05) is 0 Å². The predicted octanol–water partition coefficient (Wildman–Crippen LogP) is 2.28. The molecule has 0 amide bonds. The summed E-state index contributed by atoms with van der Waals surface area (Å²) < 4.78 is 1.71. The number of aromatic nitrogens is 2. The SMILES string of the molecule is CC1(C)CCc2nc3cc([N+](=O)[O-])ccc3c(=O)n2C1. The van der Waals surface area contributed by atoms with E-state index >= 15 is 0 Å². The zero-order valence-electron chi connectivity index (χ0n) is 11.4.